The van der Waals surface area contributed by atoms with Gasteiger partial charge >= 0.3 is 6.03 Å². The summed E-state index contributed by atoms with van der Waals surface area (Å²) < 4.78 is 27.4. The van der Waals surface area contributed by atoms with E-state index in [0.717, 1.165) is 30.6 Å². The van der Waals surface area contributed by atoms with Gasteiger partial charge in [0, 0.05) is 24.0 Å². The predicted octanol–water partition coefficient (Wildman–Crippen LogP) is 3.63. The average molecular weight is 465 g/mol. The minimum atomic E-state index is -3.50. The second-order valence-corrected chi connectivity index (χ2v) is 11.0. The molecule has 1 saturated heterocycles. The molecule has 1 fully saturated rings. The Labute approximate surface area is 187 Å². The van der Waals surface area contributed by atoms with Crippen LogP contribution in [0.4, 0.5) is 16.2 Å². The summed E-state index contributed by atoms with van der Waals surface area (Å²) in [5, 5.41) is 8.25. The largest absolute Gasteiger partial charge is 0.336 e. The van der Waals surface area contributed by atoms with Crippen LogP contribution in [0.1, 0.15) is 38.0 Å². The number of hydrogen-bond donors (Lipinski definition) is 3. The van der Waals surface area contributed by atoms with Crippen LogP contribution >= 0.6 is 11.3 Å². The van der Waals surface area contributed by atoms with Gasteiger partial charge in [-0.05, 0) is 51.0 Å². The van der Waals surface area contributed by atoms with Crippen molar-refractivity contribution in [3.63, 3.8) is 0 Å². The number of hydrogen-bond acceptors (Lipinski definition) is 5. The van der Waals surface area contributed by atoms with Gasteiger partial charge in [-0.25, -0.2) is 13.2 Å². The monoisotopic (exact) mass is 464 g/mol. The van der Waals surface area contributed by atoms with Gasteiger partial charge in [-0.2, -0.15) is 4.31 Å². The predicted molar refractivity (Wildman–Crippen MR) is 123 cm³/mol. The van der Waals surface area contributed by atoms with Crippen molar-refractivity contribution in [2.45, 2.75) is 49.8 Å². The molecule has 0 bridgehead atoms. The molecular formula is C21H28N4O4S2. The summed E-state index contributed by atoms with van der Waals surface area (Å²) in [6.07, 6.45) is 2.86. The number of nitrogens with one attached hydrogen (secondary N) is 3. The second-order valence-electron chi connectivity index (χ2n) is 7.71. The van der Waals surface area contributed by atoms with Gasteiger partial charge in [0.2, 0.25) is 5.91 Å². The van der Waals surface area contributed by atoms with Crippen LogP contribution in [-0.2, 0) is 21.2 Å². The number of anilines is 2. The molecular weight excluding hydrogens is 436 g/mol. The number of urea groups is 1. The zero-order valence-electron chi connectivity index (χ0n) is 17.7. The van der Waals surface area contributed by atoms with Gasteiger partial charge in [-0.3, -0.25) is 4.79 Å². The molecule has 0 saturated carbocycles. The molecule has 168 valence electrons. The number of piperidine rings is 1. The van der Waals surface area contributed by atoms with Crippen molar-refractivity contribution in [2.24, 2.45) is 0 Å². The van der Waals surface area contributed by atoms with Crippen molar-refractivity contribution < 1.29 is 18.0 Å². The number of sulfonamides is 1. The van der Waals surface area contributed by atoms with E-state index < -0.39 is 10.0 Å². The topological polar surface area (TPSA) is 108 Å². The Kier molecular flexibility index (Phi) is 7.69. The summed E-state index contributed by atoms with van der Waals surface area (Å²) >= 11 is 1.12. The molecule has 10 heteroatoms. The van der Waals surface area contributed by atoms with Gasteiger partial charge in [-0.15, -0.1) is 11.3 Å². The highest BCUT2D eigenvalue weighted by Gasteiger charge is 2.27. The summed E-state index contributed by atoms with van der Waals surface area (Å²) in [6.45, 7) is 4.80. The SMILES string of the molecule is CC(C)NC(=O)Nc1ccccc1NC(=O)Cc1ccc(S(=O)(=O)N2CCCCC2)s1. The maximum Gasteiger partial charge on any atom is 0.319 e. The fraction of sp³-hybridized carbons (Fsp3) is 0.429. The quantitative estimate of drug-likeness (QED) is 0.581. The molecule has 3 rings (SSSR count). The van der Waals surface area contributed by atoms with E-state index in [0.29, 0.717) is 29.3 Å². The number of thiophene rings is 1. The van der Waals surface area contributed by atoms with Crippen molar-refractivity contribution in [2.75, 3.05) is 23.7 Å². The summed E-state index contributed by atoms with van der Waals surface area (Å²) in [6, 6.07) is 9.80. The highest BCUT2D eigenvalue weighted by atomic mass is 32.2. The van der Waals surface area contributed by atoms with Crippen LogP contribution in [0.2, 0.25) is 0 Å². The maximum atomic E-state index is 12.8. The van der Waals surface area contributed by atoms with E-state index in [4.69, 9.17) is 0 Å². The van der Waals surface area contributed by atoms with Gasteiger partial charge in [-0.1, -0.05) is 18.6 Å². The fourth-order valence-electron chi connectivity index (χ4n) is 3.30. The molecule has 8 nitrogen and oxygen atoms in total. The van der Waals surface area contributed by atoms with E-state index >= 15 is 0 Å². The van der Waals surface area contributed by atoms with Crippen LogP contribution in [0.5, 0.6) is 0 Å². The van der Waals surface area contributed by atoms with Crippen molar-refractivity contribution in [3.05, 3.63) is 41.3 Å². The lowest BCUT2D eigenvalue weighted by molar-refractivity contribution is -0.115. The zero-order chi connectivity index (χ0) is 22.4. The fourth-order valence-corrected chi connectivity index (χ4v) is 6.32. The number of carbonyl (C=O) groups is 2. The van der Waals surface area contributed by atoms with Crippen LogP contribution in [0, 0.1) is 0 Å². The lowest BCUT2D eigenvalue weighted by Crippen LogP contribution is -2.35. The van der Waals surface area contributed by atoms with Crippen molar-refractivity contribution in [3.8, 4) is 0 Å². The van der Waals surface area contributed by atoms with E-state index in [-0.39, 0.29) is 28.6 Å². The van der Waals surface area contributed by atoms with Crippen LogP contribution in [0.3, 0.4) is 0 Å². The van der Waals surface area contributed by atoms with Gasteiger partial charge in [0.15, 0.2) is 0 Å². The average Bonchev–Trinajstić information content (AvgIpc) is 3.18. The van der Waals surface area contributed by atoms with Crippen LogP contribution in [-0.4, -0.2) is 43.8 Å². The van der Waals surface area contributed by atoms with Crippen LogP contribution in [0.15, 0.2) is 40.6 Å². The highest BCUT2D eigenvalue weighted by molar-refractivity contribution is 7.91. The first kappa shape index (κ1) is 23.2. The molecule has 1 aromatic heterocycles. The lowest BCUT2D eigenvalue weighted by Gasteiger charge is -2.25. The van der Waals surface area contributed by atoms with Gasteiger partial charge < -0.3 is 16.0 Å². The van der Waals surface area contributed by atoms with Crippen LogP contribution < -0.4 is 16.0 Å². The Balaban J connectivity index is 1.64. The Morgan fingerprint density at radius 1 is 1.00 bits per heavy atom. The van der Waals surface area contributed by atoms with Crippen molar-refractivity contribution in [1.82, 2.24) is 9.62 Å². The number of carbonyl (C=O) groups excluding carboxylic acids is 2. The third-order valence-electron chi connectivity index (χ3n) is 4.75. The number of benzene rings is 1. The highest BCUT2D eigenvalue weighted by Crippen LogP contribution is 2.28. The lowest BCUT2D eigenvalue weighted by atomic mass is 10.2. The van der Waals surface area contributed by atoms with E-state index in [9.17, 15) is 18.0 Å². The molecule has 2 aromatic rings. The molecule has 0 spiro atoms. The summed E-state index contributed by atoms with van der Waals surface area (Å²) in [5.41, 5.74) is 0.956. The molecule has 1 aliphatic rings. The Morgan fingerprint density at radius 2 is 1.65 bits per heavy atom. The Hall–Kier alpha value is -2.43. The van der Waals surface area contributed by atoms with Gasteiger partial charge in [0.1, 0.15) is 4.21 Å². The van der Waals surface area contributed by atoms with Crippen LogP contribution in [0.25, 0.3) is 0 Å². The molecule has 1 aromatic carbocycles. The maximum absolute atomic E-state index is 12.8. The molecule has 0 atom stereocenters. The third-order valence-corrected chi connectivity index (χ3v) is 8.20. The molecule has 0 aliphatic carbocycles. The van der Waals surface area contributed by atoms with E-state index in [2.05, 4.69) is 16.0 Å². The zero-order valence-corrected chi connectivity index (χ0v) is 19.3. The summed E-state index contributed by atoms with van der Waals surface area (Å²) in [5.74, 6) is -0.290. The summed E-state index contributed by atoms with van der Waals surface area (Å²) in [7, 11) is -3.50. The number of nitrogens with zero attached hydrogens (tertiary/aromatic N) is 1. The normalized spacial score (nSPS) is 14.9. The molecule has 3 N–H and O–H groups in total. The van der Waals surface area contributed by atoms with Gasteiger partial charge in [0.05, 0.1) is 17.8 Å². The molecule has 0 radical (unpaired) electrons. The van der Waals surface area contributed by atoms with Crippen molar-refractivity contribution in [1.29, 1.82) is 0 Å². The molecule has 2 heterocycles. The minimum Gasteiger partial charge on any atom is -0.336 e. The van der Waals surface area contributed by atoms with Gasteiger partial charge in [0.25, 0.3) is 10.0 Å². The molecule has 1 aliphatic heterocycles. The molecule has 31 heavy (non-hydrogen) atoms. The number of amides is 3. The number of rotatable bonds is 7. The second kappa shape index (κ2) is 10.3. The number of para-hydroxylation sites is 2. The first-order valence-electron chi connectivity index (χ1n) is 10.3. The Bertz CT molecular complexity index is 1030. The minimum absolute atomic E-state index is 0.0176. The van der Waals surface area contributed by atoms with E-state index in [1.165, 1.54) is 4.31 Å². The molecule has 3 amide bonds. The first-order chi connectivity index (χ1) is 14.8. The van der Waals surface area contributed by atoms with E-state index in [1.807, 2.05) is 13.8 Å². The van der Waals surface area contributed by atoms with E-state index in [1.54, 1.807) is 36.4 Å². The standard InChI is InChI=1S/C21H28N4O4S2/c1-15(2)22-21(27)24-18-9-5-4-8-17(18)23-19(26)14-16-10-11-20(30-16)31(28,29)25-12-6-3-7-13-25/h4-5,8-11,15H,3,6-7,12-14H2,1-2H3,(H,23,26)(H2,22,24,27). The first-order valence-corrected chi connectivity index (χ1v) is 12.6. The Morgan fingerprint density at radius 3 is 2.29 bits per heavy atom. The van der Waals surface area contributed by atoms with Crippen molar-refractivity contribution >= 4 is 44.7 Å². The summed E-state index contributed by atoms with van der Waals surface area (Å²) in [4.78, 5) is 25.2. The smallest absolute Gasteiger partial charge is 0.319 e. The molecule has 0 unspecified atom stereocenters. The third kappa shape index (κ3) is 6.28.